The van der Waals surface area contributed by atoms with Crippen molar-refractivity contribution in [1.29, 1.82) is 0 Å². The number of aromatic nitrogens is 2. The molecule has 2 aromatic carbocycles. The minimum Gasteiger partial charge on any atom is -0.292 e. The maximum Gasteiger partial charge on any atom is 0.184 e. The van der Waals surface area contributed by atoms with Crippen LogP contribution in [-0.2, 0) is 6.54 Å². The molecule has 4 heteroatoms. The SMILES string of the molecule is O=C(Cn1ncc2ccccc21)c1ccc(F)cc1. The van der Waals surface area contributed by atoms with Crippen LogP contribution in [0.2, 0.25) is 0 Å². The fraction of sp³-hybridized carbons (Fsp3) is 0.0667. The fourth-order valence-electron chi connectivity index (χ4n) is 2.01. The second kappa shape index (κ2) is 4.65. The van der Waals surface area contributed by atoms with E-state index in [4.69, 9.17) is 0 Å². The molecule has 0 bridgehead atoms. The Morgan fingerprint density at radius 3 is 2.63 bits per heavy atom. The fourth-order valence-corrected chi connectivity index (χ4v) is 2.01. The van der Waals surface area contributed by atoms with Gasteiger partial charge in [-0.15, -0.1) is 0 Å². The first-order chi connectivity index (χ1) is 9.24. The van der Waals surface area contributed by atoms with Gasteiger partial charge in [-0.25, -0.2) is 4.39 Å². The van der Waals surface area contributed by atoms with Gasteiger partial charge >= 0.3 is 0 Å². The number of benzene rings is 2. The van der Waals surface area contributed by atoms with Gasteiger partial charge in [-0.2, -0.15) is 5.10 Å². The van der Waals surface area contributed by atoms with Crippen molar-refractivity contribution in [2.45, 2.75) is 6.54 Å². The molecule has 0 atom stereocenters. The van der Waals surface area contributed by atoms with E-state index < -0.39 is 0 Å². The number of ketones is 1. The molecule has 0 aliphatic heterocycles. The van der Waals surface area contributed by atoms with Gasteiger partial charge in [-0.1, -0.05) is 18.2 Å². The average molecular weight is 254 g/mol. The van der Waals surface area contributed by atoms with Crippen molar-refractivity contribution in [3.05, 3.63) is 66.1 Å². The smallest absolute Gasteiger partial charge is 0.184 e. The molecular weight excluding hydrogens is 243 g/mol. The maximum absolute atomic E-state index is 12.8. The van der Waals surface area contributed by atoms with E-state index in [-0.39, 0.29) is 18.1 Å². The third-order valence-corrected chi connectivity index (χ3v) is 3.01. The molecule has 0 unspecified atom stereocenters. The summed E-state index contributed by atoms with van der Waals surface area (Å²) >= 11 is 0. The number of halogens is 1. The van der Waals surface area contributed by atoms with Crippen LogP contribution in [0, 0.1) is 5.82 Å². The molecule has 0 fully saturated rings. The van der Waals surface area contributed by atoms with Gasteiger partial charge in [0.05, 0.1) is 11.7 Å². The van der Waals surface area contributed by atoms with Crippen molar-refractivity contribution in [3.8, 4) is 0 Å². The molecule has 94 valence electrons. The topological polar surface area (TPSA) is 34.9 Å². The van der Waals surface area contributed by atoms with Crippen LogP contribution in [-0.4, -0.2) is 15.6 Å². The summed E-state index contributed by atoms with van der Waals surface area (Å²) in [5, 5.41) is 5.19. The highest BCUT2D eigenvalue weighted by Gasteiger charge is 2.09. The number of para-hydroxylation sites is 1. The van der Waals surface area contributed by atoms with Crippen molar-refractivity contribution in [2.24, 2.45) is 0 Å². The number of fused-ring (bicyclic) bond motifs is 1. The van der Waals surface area contributed by atoms with E-state index in [1.807, 2.05) is 24.3 Å². The molecule has 1 aromatic heterocycles. The first kappa shape index (κ1) is 11.6. The molecule has 3 nitrogen and oxygen atoms in total. The van der Waals surface area contributed by atoms with Crippen LogP contribution in [0.25, 0.3) is 10.9 Å². The lowest BCUT2D eigenvalue weighted by atomic mass is 10.1. The highest BCUT2D eigenvalue weighted by atomic mass is 19.1. The molecule has 0 saturated heterocycles. The number of Topliss-reactive ketones (excluding diaryl/α,β-unsaturated/α-hetero) is 1. The lowest BCUT2D eigenvalue weighted by Gasteiger charge is -2.03. The van der Waals surface area contributed by atoms with Gasteiger partial charge in [0.1, 0.15) is 12.4 Å². The third kappa shape index (κ3) is 2.25. The van der Waals surface area contributed by atoms with E-state index in [1.54, 1.807) is 10.9 Å². The van der Waals surface area contributed by atoms with Crippen molar-refractivity contribution in [1.82, 2.24) is 9.78 Å². The highest BCUT2D eigenvalue weighted by Crippen LogP contribution is 2.13. The third-order valence-electron chi connectivity index (χ3n) is 3.01. The molecular formula is C15H11FN2O. The van der Waals surface area contributed by atoms with Gasteiger partial charge < -0.3 is 0 Å². The van der Waals surface area contributed by atoms with Crippen LogP contribution in [0.15, 0.2) is 54.7 Å². The minimum atomic E-state index is -0.346. The van der Waals surface area contributed by atoms with Gasteiger partial charge in [-0.3, -0.25) is 9.48 Å². The van der Waals surface area contributed by atoms with Crippen molar-refractivity contribution in [3.63, 3.8) is 0 Å². The van der Waals surface area contributed by atoms with E-state index in [0.29, 0.717) is 5.56 Å². The Morgan fingerprint density at radius 1 is 1.11 bits per heavy atom. The number of rotatable bonds is 3. The van der Waals surface area contributed by atoms with E-state index in [2.05, 4.69) is 5.10 Å². The van der Waals surface area contributed by atoms with E-state index in [9.17, 15) is 9.18 Å². The Bertz CT molecular complexity index is 731. The summed E-state index contributed by atoms with van der Waals surface area (Å²) in [6.45, 7) is 0.152. The summed E-state index contributed by atoms with van der Waals surface area (Å²) < 4.78 is 14.5. The summed E-state index contributed by atoms with van der Waals surface area (Å²) in [6.07, 6.45) is 1.73. The van der Waals surface area contributed by atoms with Crippen LogP contribution in [0.3, 0.4) is 0 Å². The second-order valence-electron chi connectivity index (χ2n) is 4.29. The zero-order chi connectivity index (χ0) is 13.2. The van der Waals surface area contributed by atoms with Gasteiger partial charge in [0, 0.05) is 10.9 Å². The number of hydrogen-bond acceptors (Lipinski definition) is 2. The molecule has 0 N–H and O–H groups in total. The Kier molecular flexibility index (Phi) is 2.83. The quantitative estimate of drug-likeness (QED) is 0.673. The zero-order valence-electron chi connectivity index (χ0n) is 10.1. The van der Waals surface area contributed by atoms with E-state index >= 15 is 0 Å². The molecule has 0 spiro atoms. The minimum absolute atomic E-state index is 0.0890. The van der Waals surface area contributed by atoms with Gasteiger partial charge in [0.2, 0.25) is 0 Å². The van der Waals surface area contributed by atoms with Crippen molar-refractivity contribution >= 4 is 16.7 Å². The lowest BCUT2D eigenvalue weighted by Crippen LogP contribution is -2.11. The standard InChI is InChI=1S/C15H11FN2O/c16-13-7-5-11(6-8-13)15(19)10-18-14-4-2-1-3-12(14)9-17-18/h1-9H,10H2. The first-order valence-electron chi connectivity index (χ1n) is 5.93. The molecule has 0 radical (unpaired) electrons. The Morgan fingerprint density at radius 2 is 1.84 bits per heavy atom. The maximum atomic E-state index is 12.8. The number of carbonyl (C=O) groups excluding carboxylic acids is 1. The van der Waals surface area contributed by atoms with Crippen LogP contribution < -0.4 is 0 Å². The molecule has 0 aliphatic rings. The molecule has 0 amide bonds. The average Bonchev–Trinajstić information content (AvgIpc) is 2.83. The summed E-state index contributed by atoms with van der Waals surface area (Å²) in [7, 11) is 0. The number of carbonyl (C=O) groups is 1. The van der Waals surface area contributed by atoms with Gasteiger partial charge in [0.15, 0.2) is 5.78 Å². The summed E-state index contributed by atoms with van der Waals surface area (Å²) in [5.41, 5.74) is 1.40. The van der Waals surface area contributed by atoms with E-state index in [1.165, 1.54) is 24.3 Å². The van der Waals surface area contributed by atoms with Crippen LogP contribution in [0.4, 0.5) is 4.39 Å². The Labute approximate surface area is 109 Å². The van der Waals surface area contributed by atoms with Crippen molar-refractivity contribution in [2.75, 3.05) is 0 Å². The predicted molar refractivity (Wildman–Crippen MR) is 70.5 cm³/mol. The summed E-state index contributed by atoms with van der Waals surface area (Å²) in [4.78, 5) is 12.1. The Balaban J connectivity index is 1.89. The van der Waals surface area contributed by atoms with Crippen LogP contribution in [0.1, 0.15) is 10.4 Å². The zero-order valence-corrected chi connectivity index (χ0v) is 10.1. The van der Waals surface area contributed by atoms with E-state index in [0.717, 1.165) is 10.9 Å². The number of hydrogen-bond donors (Lipinski definition) is 0. The molecule has 3 aromatic rings. The monoisotopic (exact) mass is 254 g/mol. The molecule has 0 saturated carbocycles. The van der Waals surface area contributed by atoms with Crippen LogP contribution in [0.5, 0.6) is 0 Å². The lowest BCUT2D eigenvalue weighted by molar-refractivity contribution is 0.0969. The van der Waals surface area contributed by atoms with Gasteiger partial charge in [-0.05, 0) is 30.3 Å². The van der Waals surface area contributed by atoms with Crippen LogP contribution >= 0.6 is 0 Å². The van der Waals surface area contributed by atoms with Crippen molar-refractivity contribution < 1.29 is 9.18 Å². The largest absolute Gasteiger partial charge is 0.292 e. The van der Waals surface area contributed by atoms with Gasteiger partial charge in [0.25, 0.3) is 0 Å². The molecule has 1 heterocycles. The highest BCUT2D eigenvalue weighted by molar-refractivity contribution is 5.96. The predicted octanol–water partition coefficient (Wildman–Crippen LogP) is 3.06. The molecule has 3 rings (SSSR count). The number of nitrogens with zero attached hydrogens (tertiary/aromatic N) is 2. The molecule has 19 heavy (non-hydrogen) atoms. The second-order valence-corrected chi connectivity index (χ2v) is 4.29. The Hall–Kier alpha value is -2.49. The normalized spacial score (nSPS) is 10.8. The summed E-state index contributed by atoms with van der Waals surface area (Å²) in [6, 6.07) is 13.2. The summed E-state index contributed by atoms with van der Waals surface area (Å²) in [5.74, 6) is -0.435. The first-order valence-corrected chi connectivity index (χ1v) is 5.93. The molecule has 0 aliphatic carbocycles.